The fourth-order valence-corrected chi connectivity index (χ4v) is 4.59. The molecule has 28 heavy (non-hydrogen) atoms. The number of rotatable bonds is 9. The van der Waals surface area contributed by atoms with Gasteiger partial charge in [0.1, 0.15) is 0 Å². The minimum atomic E-state index is -3.76. The van der Waals surface area contributed by atoms with E-state index in [1.54, 1.807) is 26.0 Å². The quantitative estimate of drug-likeness (QED) is 0.673. The molecule has 2 rings (SSSR count). The van der Waals surface area contributed by atoms with Gasteiger partial charge >= 0.3 is 0 Å². The SMILES string of the molecule is CC(=O)Nc1ccc(S(=O)(=O)N(C[C@H](O)CCc2ccccc2)C(C)C)cc1. The van der Waals surface area contributed by atoms with Gasteiger partial charge in [0, 0.05) is 25.2 Å². The molecule has 6 nitrogen and oxygen atoms in total. The van der Waals surface area contributed by atoms with E-state index in [0.29, 0.717) is 18.5 Å². The molecule has 7 heteroatoms. The molecule has 0 saturated heterocycles. The molecule has 2 aromatic rings. The fourth-order valence-electron chi connectivity index (χ4n) is 2.91. The van der Waals surface area contributed by atoms with Crippen molar-refractivity contribution in [3.63, 3.8) is 0 Å². The highest BCUT2D eigenvalue weighted by atomic mass is 32.2. The number of sulfonamides is 1. The van der Waals surface area contributed by atoms with Crippen LogP contribution in [0.2, 0.25) is 0 Å². The first-order valence-corrected chi connectivity index (χ1v) is 10.8. The summed E-state index contributed by atoms with van der Waals surface area (Å²) in [5, 5.41) is 13.0. The third-order valence-corrected chi connectivity index (χ3v) is 6.41. The van der Waals surface area contributed by atoms with E-state index in [9.17, 15) is 18.3 Å². The van der Waals surface area contributed by atoms with E-state index < -0.39 is 16.1 Å². The molecule has 2 N–H and O–H groups in total. The Morgan fingerprint density at radius 1 is 1.07 bits per heavy atom. The number of hydrogen-bond acceptors (Lipinski definition) is 4. The summed E-state index contributed by atoms with van der Waals surface area (Å²) in [4.78, 5) is 11.2. The number of benzene rings is 2. The lowest BCUT2D eigenvalue weighted by atomic mass is 10.1. The molecular formula is C21H28N2O4S. The second-order valence-corrected chi connectivity index (χ2v) is 8.94. The van der Waals surface area contributed by atoms with Crippen LogP contribution in [0.15, 0.2) is 59.5 Å². The zero-order valence-corrected chi connectivity index (χ0v) is 17.3. The number of nitrogens with one attached hydrogen (secondary N) is 1. The van der Waals surface area contributed by atoms with Gasteiger partial charge in [0.05, 0.1) is 11.0 Å². The van der Waals surface area contributed by atoms with Gasteiger partial charge in [-0.3, -0.25) is 4.79 Å². The van der Waals surface area contributed by atoms with Gasteiger partial charge in [-0.15, -0.1) is 0 Å². The molecule has 0 aliphatic heterocycles. The van der Waals surface area contributed by atoms with E-state index in [1.165, 1.54) is 23.4 Å². The van der Waals surface area contributed by atoms with Gasteiger partial charge in [-0.2, -0.15) is 4.31 Å². The Balaban J connectivity index is 2.09. The lowest BCUT2D eigenvalue weighted by molar-refractivity contribution is -0.114. The van der Waals surface area contributed by atoms with Gasteiger partial charge in [0.25, 0.3) is 0 Å². The van der Waals surface area contributed by atoms with Crippen LogP contribution in [0.4, 0.5) is 5.69 Å². The van der Waals surface area contributed by atoms with Crippen molar-refractivity contribution in [1.82, 2.24) is 4.31 Å². The van der Waals surface area contributed by atoms with Crippen molar-refractivity contribution in [2.45, 2.75) is 50.7 Å². The number of nitrogens with zero attached hydrogens (tertiary/aromatic N) is 1. The average Bonchev–Trinajstić information content (AvgIpc) is 2.65. The summed E-state index contributed by atoms with van der Waals surface area (Å²) in [6.07, 6.45) is 0.389. The minimum absolute atomic E-state index is 0.0281. The molecule has 0 spiro atoms. The van der Waals surface area contributed by atoms with Crippen molar-refractivity contribution >= 4 is 21.6 Å². The van der Waals surface area contributed by atoms with Crippen molar-refractivity contribution in [1.29, 1.82) is 0 Å². The third kappa shape index (κ3) is 6.15. The van der Waals surface area contributed by atoms with Crippen molar-refractivity contribution in [3.05, 3.63) is 60.2 Å². The number of aryl methyl sites for hydroxylation is 1. The van der Waals surface area contributed by atoms with E-state index in [-0.39, 0.29) is 23.4 Å². The number of amides is 1. The fraction of sp³-hybridized carbons (Fsp3) is 0.381. The first-order chi connectivity index (χ1) is 13.2. The van der Waals surface area contributed by atoms with Crippen LogP contribution < -0.4 is 5.32 Å². The van der Waals surface area contributed by atoms with Gasteiger partial charge in [0.15, 0.2) is 0 Å². The molecule has 1 amide bonds. The maximum Gasteiger partial charge on any atom is 0.243 e. The number of carbonyl (C=O) groups is 1. The zero-order valence-electron chi connectivity index (χ0n) is 16.5. The van der Waals surface area contributed by atoms with Gasteiger partial charge < -0.3 is 10.4 Å². The molecule has 0 aliphatic carbocycles. The zero-order chi connectivity index (χ0) is 20.7. The summed E-state index contributed by atoms with van der Waals surface area (Å²) in [5.74, 6) is -0.221. The van der Waals surface area contributed by atoms with Crippen molar-refractivity contribution in [3.8, 4) is 0 Å². The predicted molar refractivity (Wildman–Crippen MR) is 111 cm³/mol. The van der Waals surface area contributed by atoms with Crippen LogP contribution >= 0.6 is 0 Å². The maximum atomic E-state index is 13.0. The Morgan fingerprint density at radius 3 is 2.21 bits per heavy atom. The Bertz CT molecular complexity index is 865. The Labute approximate surface area is 167 Å². The molecule has 0 fully saturated rings. The number of aliphatic hydroxyl groups is 1. The first-order valence-electron chi connectivity index (χ1n) is 9.31. The summed E-state index contributed by atoms with van der Waals surface area (Å²) in [5.41, 5.74) is 1.64. The van der Waals surface area contributed by atoms with Crippen LogP contribution in [0.5, 0.6) is 0 Å². The van der Waals surface area contributed by atoms with Gasteiger partial charge in [-0.25, -0.2) is 8.42 Å². The molecule has 1 atom stereocenters. The number of anilines is 1. The summed E-state index contributed by atoms with van der Waals surface area (Å²) in [6.45, 7) is 4.99. The molecule has 0 radical (unpaired) electrons. The molecule has 2 aromatic carbocycles. The summed E-state index contributed by atoms with van der Waals surface area (Å²) in [7, 11) is -3.76. The van der Waals surface area contributed by atoms with Crippen LogP contribution in [0.25, 0.3) is 0 Å². The number of aliphatic hydroxyl groups excluding tert-OH is 1. The van der Waals surface area contributed by atoms with Crippen molar-refractivity contribution in [2.75, 3.05) is 11.9 Å². The maximum absolute atomic E-state index is 13.0. The summed E-state index contributed by atoms with van der Waals surface area (Å²) >= 11 is 0. The van der Waals surface area contributed by atoms with E-state index >= 15 is 0 Å². The van der Waals surface area contributed by atoms with E-state index in [0.717, 1.165) is 5.56 Å². The van der Waals surface area contributed by atoms with Gasteiger partial charge in [0.2, 0.25) is 15.9 Å². The Hall–Kier alpha value is -2.22. The standard InChI is InChI=1S/C21H28N2O4S/c1-16(2)23(15-20(25)12-9-18-7-5-4-6-8-18)28(26,27)21-13-10-19(11-14-21)22-17(3)24/h4-8,10-11,13-14,16,20,25H,9,12,15H2,1-3H3,(H,22,24)/t20-/m1/s1. The highest BCUT2D eigenvalue weighted by Crippen LogP contribution is 2.21. The summed E-state index contributed by atoms with van der Waals surface area (Å²) in [6, 6.07) is 15.5. The Morgan fingerprint density at radius 2 is 1.68 bits per heavy atom. The van der Waals surface area contributed by atoms with Crippen LogP contribution in [0.1, 0.15) is 32.8 Å². The second-order valence-electron chi connectivity index (χ2n) is 7.05. The van der Waals surface area contributed by atoms with Crippen molar-refractivity contribution in [2.24, 2.45) is 0 Å². The monoisotopic (exact) mass is 404 g/mol. The molecule has 152 valence electrons. The predicted octanol–water partition coefficient (Wildman–Crippen LogP) is 3.04. The number of hydrogen-bond donors (Lipinski definition) is 2. The van der Waals surface area contributed by atoms with E-state index in [2.05, 4.69) is 5.32 Å². The molecule has 0 aromatic heterocycles. The molecule has 0 bridgehead atoms. The first kappa shape index (κ1) is 22.1. The molecule has 0 saturated carbocycles. The lowest BCUT2D eigenvalue weighted by Crippen LogP contribution is -2.42. The van der Waals surface area contributed by atoms with Crippen LogP contribution in [0, 0.1) is 0 Å². The second kappa shape index (κ2) is 9.82. The average molecular weight is 405 g/mol. The third-order valence-electron chi connectivity index (χ3n) is 4.36. The highest BCUT2D eigenvalue weighted by Gasteiger charge is 2.29. The van der Waals surface area contributed by atoms with Crippen LogP contribution in [-0.4, -0.2) is 42.4 Å². The van der Waals surface area contributed by atoms with Crippen molar-refractivity contribution < 1.29 is 18.3 Å². The van der Waals surface area contributed by atoms with Crippen LogP contribution in [0.3, 0.4) is 0 Å². The van der Waals surface area contributed by atoms with Crippen LogP contribution in [-0.2, 0) is 21.2 Å². The normalized spacial score (nSPS) is 12.9. The van der Waals surface area contributed by atoms with Gasteiger partial charge in [-0.05, 0) is 56.5 Å². The largest absolute Gasteiger partial charge is 0.392 e. The topological polar surface area (TPSA) is 86.7 Å². The molecule has 0 unspecified atom stereocenters. The lowest BCUT2D eigenvalue weighted by Gasteiger charge is -2.28. The van der Waals surface area contributed by atoms with E-state index in [1.807, 2.05) is 30.3 Å². The molecule has 0 aliphatic rings. The van der Waals surface area contributed by atoms with E-state index in [4.69, 9.17) is 0 Å². The smallest absolute Gasteiger partial charge is 0.243 e. The highest BCUT2D eigenvalue weighted by molar-refractivity contribution is 7.89. The molecule has 0 heterocycles. The number of carbonyl (C=O) groups excluding carboxylic acids is 1. The van der Waals surface area contributed by atoms with Gasteiger partial charge in [-0.1, -0.05) is 30.3 Å². The molecular weight excluding hydrogens is 376 g/mol. The minimum Gasteiger partial charge on any atom is -0.392 e. The summed E-state index contributed by atoms with van der Waals surface area (Å²) < 4.78 is 27.4. The Kier molecular flexibility index (Phi) is 7.74.